The molecule has 0 saturated heterocycles. The summed E-state index contributed by atoms with van der Waals surface area (Å²) in [7, 11) is -4.67. The van der Waals surface area contributed by atoms with Crippen molar-refractivity contribution in [2.24, 2.45) is 5.73 Å². The van der Waals surface area contributed by atoms with Gasteiger partial charge in [-0.3, -0.25) is 9.11 Å². The van der Waals surface area contributed by atoms with E-state index in [-0.39, 0.29) is 0 Å². The van der Waals surface area contributed by atoms with Gasteiger partial charge in [-0.25, -0.2) is 0 Å². The fraction of sp³-hybridized carbons (Fsp3) is 1.00. The second-order valence-electron chi connectivity index (χ2n) is 1.28. The van der Waals surface area contributed by atoms with Crippen molar-refractivity contribution in [2.45, 2.75) is 6.42 Å². The first kappa shape index (κ1) is 12.8. The largest absolute Gasteiger partial charge is 0.394 e. The molecule has 7 heteroatoms. The van der Waals surface area contributed by atoms with E-state index in [1.165, 1.54) is 0 Å². The van der Waals surface area contributed by atoms with Crippen LogP contribution >= 0.6 is 11.6 Å². The van der Waals surface area contributed by atoms with Gasteiger partial charge in [0.1, 0.15) is 0 Å². The average molecular weight is 192 g/mol. The minimum Gasteiger partial charge on any atom is -0.330 e. The molecule has 0 spiro atoms. The normalized spacial score (nSPS) is 10.0. The summed E-state index contributed by atoms with van der Waals surface area (Å²) < 4.78 is 31.6. The Labute approximate surface area is 64.7 Å². The summed E-state index contributed by atoms with van der Waals surface area (Å²) in [5, 5.41) is 0. The SMILES string of the molecule is NCCCCl.O=S(=O)(O)O. The molecule has 64 valence electrons. The number of nitrogens with two attached hydrogens (primary N) is 1. The average Bonchev–Trinajstić information content (AvgIpc) is 1.63. The summed E-state index contributed by atoms with van der Waals surface area (Å²) in [4.78, 5) is 0. The molecule has 0 aromatic heterocycles. The third kappa shape index (κ3) is 91.6. The van der Waals surface area contributed by atoms with Crippen molar-refractivity contribution < 1.29 is 17.5 Å². The summed E-state index contributed by atoms with van der Waals surface area (Å²) in [5.41, 5.74) is 5.05. The summed E-state index contributed by atoms with van der Waals surface area (Å²) in [6, 6.07) is 0. The number of rotatable bonds is 2. The quantitative estimate of drug-likeness (QED) is 0.419. The van der Waals surface area contributed by atoms with Crippen LogP contribution in [0.3, 0.4) is 0 Å². The van der Waals surface area contributed by atoms with Crippen LogP contribution in [0.15, 0.2) is 0 Å². The molecule has 0 atom stereocenters. The lowest BCUT2D eigenvalue weighted by Crippen LogP contribution is -1.97. The summed E-state index contributed by atoms with van der Waals surface area (Å²) in [6.07, 6.45) is 0.932. The second-order valence-corrected chi connectivity index (χ2v) is 2.55. The predicted octanol–water partition coefficient (Wildman–Crippen LogP) is -0.0788. The van der Waals surface area contributed by atoms with Crippen LogP contribution in [-0.2, 0) is 10.4 Å². The maximum atomic E-state index is 8.74. The molecule has 4 N–H and O–H groups in total. The lowest BCUT2D eigenvalue weighted by molar-refractivity contribution is 0.381. The van der Waals surface area contributed by atoms with Gasteiger partial charge in [-0.2, -0.15) is 8.42 Å². The van der Waals surface area contributed by atoms with E-state index < -0.39 is 10.4 Å². The van der Waals surface area contributed by atoms with Crippen molar-refractivity contribution in [1.82, 2.24) is 0 Å². The smallest absolute Gasteiger partial charge is 0.330 e. The van der Waals surface area contributed by atoms with E-state index in [1.807, 2.05) is 0 Å². The minimum absolute atomic E-state index is 0.691. The number of hydrogen-bond donors (Lipinski definition) is 3. The minimum atomic E-state index is -4.67. The first-order valence-electron chi connectivity index (χ1n) is 2.37. The van der Waals surface area contributed by atoms with E-state index in [2.05, 4.69) is 0 Å². The highest BCUT2D eigenvalue weighted by Gasteiger charge is 1.84. The Balaban J connectivity index is 0. The molecule has 0 aromatic rings. The molecule has 0 aliphatic heterocycles. The third-order valence-corrected chi connectivity index (χ3v) is 0.605. The maximum absolute atomic E-state index is 8.74. The molecule has 0 unspecified atom stereocenters. The van der Waals surface area contributed by atoms with Crippen molar-refractivity contribution in [3.63, 3.8) is 0 Å². The topological polar surface area (TPSA) is 101 Å². The highest BCUT2D eigenvalue weighted by Crippen LogP contribution is 1.76. The molecule has 5 nitrogen and oxygen atoms in total. The molecule has 0 amide bonds. The van der Waals surface area contributed by atoms with Crippen molar-refractivity contribution in [3.05, 3.63) is 0 Å². The standard InChI is InChI=1S/C3H8ClN.H2O4S/c4-2-1-3-5;1-5(2,3)4/h1-3,5H2;(H2,1,2,3,4). The summed E-state index contributed by atoms with van der Waals surface area (Å²) in [6.45, 7) is 0.712. The van der Waals surface area contributed by atoms with Crippen molar-refractivity contribution in [2.75, 3.05) is 12.4 Å². The Kier molecular flexibility index (Phi) is 9.23. The molecule has 0 aromatic carbocycles. The maximum Gasteiger partial charge on any atom is 0.394 e. The Bertz CT molecular complexity index is 135. The fourth-order valence-electron chi connectivity index (χ4n) is 0.0772. The molecule has 0 aliphatic carbocycles. The van der Waals surface area contributed by atoms with Crippen molar-refractivity contribution >= 4 is 22.0 Å². The van der Waals surface area contributed by atoms with Gasteiger partial charge < -0.3 is 5.73 Å². The predicted molar refractivity (Wildman–Crippen MR) is 38.6 cm³/mol. The van der Waals surface area contributed by atoms with Gasteiger partial charge in [-0.05, 0) is 13.0 Å². The van der Waals surface area contributed by atoms with Crippen LogP contribution < -0.4 is 5.73 Å². The molecular weight excluding hydrogens is 182 g/mol. The van der Waals surface area contributed by atoms with E-state index in [4.69, 9.17) is 34.9 Å². The molecule has 0 aliphatic rings. The van der Waals surface area contributed by atoms with Gasteiger partial charge in [-0.15, -0.1) is 11.6 Å². The van der Waals surface area contributed by atoms with Crippen LogP contribution in [-0.4, -0.2) is 29.9 Å². The molecule has 0 bridgehead atoms. The molecular formula is C3H10ClNO4S. The second kappa shape index (κ2) is 7.23. The zero-order chi connectivity index (χ0) is 8.62. The lowest BCUT2D eigenvalue weighted by atomic mass is 10.5. The molecule has 0 heterocycles. The van der Waals surface area contributed by atoms with E-state index in [0.29, 0.717) is 12.4 Å². The number of hydrogen-bond acceptors (Lipinski definition) is 3. The van der Waals surface area contributed by atoms with Crippen LogP contribution in [0.5, 0.6) is 0 Å². The highest BCUT2D eigenvalue weighted by molar-refractivity contribution is 7.79. The van der Waals surface area contributed by atoms with Gasteiger partial charge in [0, 0.05) is 5.88 Å². The van der Waals surface area contributed by atoms with Crippen LogP contribution in [0.25, 0.3) is 0 Å². The van der Waals surface area contributed by atoms with Gasteiger partial charge in [-0.1, -0.05) is 0 Å². The van der Waals surface area contributed by atoms with Crippen LogP contribution in [0.4, 0.5) is 0 Å². The summed E-state index contributed by atoms with van der Waals surface area (Å²) in [5.74, 6) is 0.691. The van der Waals surface area contributed by atoms with Gasteiger partial charge in [0.05, 0.1) is 0 Å². The number of alkyl halides is 1. The lowest BCUT2D eigenvalue weighted by Gasteiger charge is -1.78. The van der Waals surface area contributed by atoms with Crippen molar-refractivity contribution in [1.29, 1.82) is 0 Å². The van der Waals surface area contributed by atoms with Gasteiger partial charge in [0.25, 0.3) is 0 Å². The first-order valence-corrected chi connectivity index (χ1v) is 4.31. The zero-order valence-electron chi connectivity index (χ0n) is 5.20. The van der Waals surface area contributed by atoms with Gasteiger partial charge in [0.15, 0.2) is 0 Å². The van der Waals surface area contributed by atoms with E-state index in [0.717, 1.165) is 6.42 Å². The molecule has 0 fully saturated rings. The van der Waals surface area contributed by atoms with Gasteiger partial charge >= 0.3 is 10.4 Å². The van der Waals surface area contributed by atoms with E-state index in [1.54, 1.807) is 0 Å². The Morgan fingerprint density at radius 1 is 1.40 bits per heavy atom. The highest BCUT2D eigenvalue weighted by atomic mass is 35.5. The Morgan fingerprint density at radius 3 is 1.70 bits per heavy atom. The van der Waals surface area contributed by atoms with Crippen LogP contribution in [0.1, 0.15) is 6.42 Å². The van der Waals surface area contributed by atoms with Crippen LogP contribution in [0, 0.1) is 0 Å². The zero-order valence-corrected chi connectivity index (χ0v) is 6.77. The third-order valence-electron chi connectivity index (χ3n) is 0.338. The first-order chi connectivity index (χ1) is 4.41. The van der Waals surface area contributed by atoms with E-state index in [9.17, 15) is 0 Å². The molecule has 10 heavy (non-hydrogen) atoms. The van der Waals surface area contributed by atoms with E-state index >= 15 is 0 Å². The molecule has 0 radical (unpaired) electrons. The summed E-state index contributed by atoms with van der Waals surface area (Å²) >= 11 is 5.22. The molecule has 0 saturated carbocycles. The monoisotopic (exact) mass is 191 g/mol. The fourth-order valence-corrected chi connectivity index (χ4v) is 0.231. The van der Waals surface area contributed by atoms with Gasteiger partial charge in [0.2, 0.25) is 0 Å². The van der Waals surface area contributed by atoms with Crippen molar-refractivity contribution in [3.8, 4) is 0 Å². The Hall–Kier alpha value is 0.120. The Morgan fingerprint density at radius 2 is 1.70 bits per heavy atom. The number of halogens is 1. The van der Waals surface area contributed by atoms with Crippen LogP contribution in [0.2, 0.25) is 0 Å². The molecule has 0 rings (SSSR count).